The van der Waals surface area contributed by atoms with Gasteiger partial charge in [-0.25, -0.2) is 0 Å². The summed E-state index contributed by atoms with van der Waals surface area (Å²) in [5.74, 6) is 1.84. The Balaban J connectivity index is 1.45. The molecule has 6 nitrogen and oxygen atoms in total. The van der Waals surface area contributed by atoms with Crippen LogP contribution in [0.25, 0.3) is 5.69 Å². The highest BCUT2D eigenvalue weighted by Gasteiger charge is 2.08. The number of benzene rings is 2. The number of nitrogens with zero attached hydrogens (tertiary/aromatic N) is 4. The normalized spacial score (nSPS) is 10.7. The zero-order valence-electron chi connectivity index (χ0n) is 13.5. The van der Waals surface area contributed by atoms with Crippen LogP contribution in [0, 0.1) is 0 Å². The molecule has 0 atom stereocenters. The largest absolute Gasteiger partial charge is 0.497 e. The third kappa shape index (κ3) is 4.33. The summed E-state index contributed by atoms with van der Waals surface area (Å²) in [5, 5.41) is 15.0. The van der Waals surface area contributed by atoms with Crippen molar-refractivity contribution >= 4 is 11.8 Å². The Morgan fingerprint density at radius 2 is 1.88 bits per heavy atom. The van der Waals surface area contributed by atoms with E-state index in [1.807, 2.05) is 42.5 Å². The highest BCUT2D eigenvalue weighted by Crippen LogP contribution is 2.16. The molecule has 3 aromatic rings. The van der Waals surface area contributed by atoms with Crippen LogP contribution in [0.1, 0.15) is 5.56 Å². The zero-order valence-corrected chi connectivity index (χ0v) is 14.3. The Hall–Kier alpha value is -2.38. The average Bonchev–Trinajstić information content (AvgIpc) is 3.11. The van der Waals surface area contributed by atoms with Gasteiger partial charge in [-0.15, -0.1) is 5.10 Å². The van der Waals surface area contributed by atoms with E-state index in [-0.39, 0.29) is 0 Å². The number of hydrogen-bond donors (Lipinski definition) is 1. The van der Waals surface area contributed by atoms with Crippen molar-refractivity contribution in [1.29, 1.82) is 0 Å². The first-order chi connectivity index (χ1) is 11.9. The smallest absolute Gasteiger partial charge is 0.214 e. The van der Waals surface area contributed by atoms with Gasteiger partial charge < -0.3 is 10.1 Å². The van der Waals surface area contributed by atoms with Crippen LogP contribution in [0.4, 0.5) is 0 Å². The Morgan fingerprint density at radius 1 is 1.08 bits per heavy atom. The molecule has 0 aliphatic rings. The predicted octanol–water partition coefficient (Wildman–Crippen LogP) is 1.53. The van der Waals surface area contributed by atoms with Crippen LogP contribution in [0.3, 0.4) is 0 Å². The van der Waals surface area contributed by atoms with E-state index in [0.29, 0.717) is 0 Å². The van der Waals surface area contributed by atoms with Crippen molar-refractivity contribution in [3.8, 4) is 11.4 Å². The van der Waals surface area contributed by atoms with Gasteiger partial charge in [-0.3, -0.25) is 0 Å². The van der Waals surface area contributed by atoms with E-state index in [9.17, 15) is 0 Å². The molecular formula is C17H20N5OS+. The number of para-hydroxylation sites is 1. The van der Waals surface area contributed by atoms with Gasteiger partial charge in [0.05, 0.1) is 25.1 Å². The lowest BCUT2D eigenvalue weighted by atomic mass is 10.2. The number of ether oxygens (including phenoxy) is 1. The van der Waals surface area contributed by atoms with E-state index in [1.165, 1.54) is 5.56 Å². The molecule has 0 saturated heterocycles. The van der Waals surface area contributed by atoms with E-state index in [4.69, 9.17) is 4.74 Å². The van der Waals surface area contributed by atoms with Crippen LogP contribution in [0.5, 0.6) is 5.75 Å². The number of aromatic nitrogens is 4. The second kappa shape index (κ2) is 8.47. The van der Waals surface area contributed by atoms with Crippen LogP contribution >= 0.6 is 11.8 Å². The number of tetrazole rings is 1. The first kappa shape index (κ1) is 16.5. The van der Waals surface area contributed by atoms with Gasteiger partial charge in [0, 0.05) is 5.56 Å². The van der Waals surface area contributed by atoms with Gasteiger partial charge in [0.15, 0.2) is 0 Å². The van der Waals surface area contributed by atoms with E-state index in [0.717, 1.165) is 35.4 Å². The Labute approximate surface area is 145 Å². The quantitative estimate of drug-likeness (QED) is 0.497. The molecule has 0 aliphatic heterocycles. The molecule has 0 bridgehead atoms. The highest BCUT2D eigenvalue weighted by molar-refractivity contribution is 7.99. The molecule has 2 N–H and O–H groups in total. The lowest BCUT2D eigenvalue weighted by Gasteiger charge is -2.05. The maximum Gasteiger partial charge on any atom is 0.214 e. The summed E-state index contributed by atoms with van der Waals surface area (Å²) in [6.45, 7) is 1.95. The van der Waals surface area contributed by atoms with Gasteiger partial charge in [0.25, 0.3) is 0 Å². The van der Waals surface area contributed by atoms with Crippen LogP contribution in [-0.4, -0.2) is 39.6 Å². The summed E-state index contributed by atoms with van der Waals surface area (Å²) >= 11 is 1.67. The fourth-order valence-electron chi connectivity index (χ4n) is 2.26. The maximum atomic E-state index is 5.17. The summed E-state index contributed by atoms with van der Waals surface area (Å²) in [6.07, 6.45) is 0. The van der Waals surface area contributed by atoms with Crippen LogP contribution in [0.2, 0.25) is 0 Å². The first-order valence-electron chi connectivity index (χ1n) is 7.78. The fourth-order valence-corrected chi connectivity index (χ4v) is 3.09. The van der Waals surface area contributed by atoms with Crippen LogP contribution in [-0.2, 0) is 6.54 Å². The molecule has 1 aromatic heterocycles. The van der Waals surface area contributed by atoms with Crippen molar-refractivity contribution < 1.29 is 10.1 Å². The third-order valence-corrected chi connectivity index (χ3v) is 4.49. The molecule has 0 aliphatic carbocycles. The van der Waals surface area contributed by atoms with Gasteiger partial charge in [0.2, 0.25) is 5.16 Å². The first-order valence-corrected chi connectivity index (χ1v) is 8.76. The summed E-state index contributed by atoms with van der Waals surface area (Å²) in [6, 6.07) is 18.1. The van der Waals surface area contributed by atoms with Gasteiger partial charge in [-0.2, -0.15) is 4.68 Å². The van der Waals surface area contributed by atoms with Gasteiger partial charge in [-0.1, -0.05) is 30.0 Å². The number of quaternary nitrogens is 1. The minimum Gasteiger partial charge on any atom is -0.497 e. The number of rotatable bonds is 8. The summed E-state index contributed by atoms with van der Waals surface area (Å²) < 4.78 is 6.94. The minimum atomic E-state index is 0.819. The Bertz CT molecular complexity index is 745. The van der Waals surface area contributed by atoms with E-state index >= 15 is 0 Å². The third-order valence-electron chi connectivity index (χ3n) is 3.53. The molecule has 2 aromatic carbocycles. The topological polar surface area (TPSA) is 69.4 Å². The SMILES string of the molecule is COc1ccc(C[NH2+]CCSc2nnnn2-c2ccccc2)cc1. The average molecular weight is 342 g/mol. The van der Waals surface area contributed by atoms with Crippen molar-refractivity contribution in [1.82, 2.24) is 20.2 Å². The van der Waals surface area contributed by atoms with Crippen molar-refractivity contribution in [2.24, 2.45) is 0 Å². The van der Waals surface area contributed by atoms with Crippen molar-refractivity contribution in [3.63, 3.8) is 0 Å². The minimum absolute atomic E-state index is 0.819. The van der Waals surface area contributed by atoms with Crippen molar-refractivity contribution in [2.45, 2.75) is 11.7 Å². The Kier molecular flexibility index (Phi) is 5.81. The van der Waals surface area contributed by atoms with Crippen molar-refractivity contribution in [2.75, 3.05) is 19.4 Å². The molecule has 0 spiro atoms. The fraction of sp³-hybridized carbons (Fsp3) is 0.235. The molecular weight excluding hydrogens is 322 g/mol. The second-order valence-corrected chi connectivity index (χ2v) is 6.25. The molecule has 0 unspecified atom stereocenters. The number of hydrogen-bond acceptors (Lipinski definition) is 5. The van der Waals surface area contributed by atoms with Crippen LogP contribution in [0.15, 0.2) is 59.8 Å². The van der Waals surface area contributed by atoms with E-state index in [1.54, 1.807) is 23.6 Å². The molecule has 3 rings (SSSR count). The number of thioether (sulfide) groups is 1. The molecule has 0 saturated carbocycles. The van der Waals surface area contributed by atoms with Gasteiger partial charge >= 0.3 is 0 Å². The maximum absolute atomic E-state index is 5.17. The standard InChI is InChI=1S/C17H19N5OS/c1-23-16-9-7-14(8-10-16)13-18-11-12-24-17-19-20-21-22(17)15-5-3-2-4-6-15/h2-10,18H,11-13H2,1H3/p+1. The van der Waals surface area contributed by atoms with Gasteiger partial charge in [-0.05, 0) is 46.8 Å². The summed E-state index contributed by atoms with van der Waals surface area (Å²) in [5.41, 5.74) is 2.27. The molecule has 24 heavy (non-hydrogen) atoms. The summed E-state index contributed by atoms with van der Waals surface area (Å²) in [7, 11) is 1.68. The molecule has 0 fully saturated rings. The van der Waals surface area contributed by atoms with Crippen molar-refractivity contribution in [3.05, 3.63) is 60.2 Å². The molecule has 0 amide bonds. The van der Waals surface area contributed by atoms with Crippen LogP contribution < -0.4 is 10.1 Å². The lowest BCUT2D eigenvalue weighted by Crippen LogP contribution is -2.83. The lowest BCUT2D eigenvalue weighted by molar-refractivity contribution is -0.666. The molecule has 0 radical (unpaired) electrons. The predicted molar refractivity (Wildman–Crippen MR) is 93.4 cm³/mol. The second-order valence-electron chi connectivity index (χ2n) is 5.19. The Morgan fingerprint density at radius 3 is 2.62 bits per heavy atom. The molecule has 7 heteroatoms. The van der Waals surface area contributed by atoms with E-state index < -0.39 is 0 Å². The monoisotopic (exact) mass is 342 g/mol. The number of methoxy groups -OCH3 is 1. The van der Waals surface area contributed by atoms with E-state index in [2.05, 4.69) is 33.0 Å². The highest BCUT2D eigenvalue weighted by atomic mass is 32.2. The zero-order chi connectivity index (χ0) is 16.6. The molecule has 124 valence electrons. The van der Waals surface area contributed by atoms with Gasteiger partial charge in [0.1, 0.15) is 12.3 Å². The number of nitrogens with two attached hydrogens (primary N) is 1. The molecule has 1 heterocycles. The summed E-state index contributed by atoms with van der Waals surface area (Å²) in [4.78, 5) is 0.